The average molecular weight is 477 g/mol. The van der Waals surface area contributed by atoms with Crippen molar-refractivity contribution < 1.29 is 27.5 Å². The second kappa shape index (κ2) is 9.90. The van der Waals surface area contributed by atoms with Gasteiger partial charge in [-0.1, -0.05) is 6.07 Å². The summed E-state index contributed by atoms with van der Waals surface area (Å²) in [4.78, 5) is 37.7. The van der Waals surface area contributed by atoms with Crippen LogP contribution in [0.1, 0.15) is 21.7 Å². The summed E-state index contributed by atoms with van der Waals surface area (Å²) in [6.45, 7) is 0.779. The second-order valence-electron chi connectivity index (χ2n) is 6.81. The van der Waals surface area contributed by atoms with Crippen molar-refractivity contribution in [2.45, 2.75) is 18.0 Å². The number of benzene rings is 2. The number of alkyl halides is 3. The zero-order valence-electron chi connectivity index (χ0n) is 17.5. The molecular formula is C22H18F3N3O4S. The number of halogens is 3. The van der Waals surface area contributed by atoms with Crippen molar-refractivity contribution in [3.8, 4) is 5.69 Å². The first-order valence-electron chi connectivity index (χ1n) is 9.48. The van der Waals surface area contributed by atoms with Crippen molar-refractivity contribution in [2.24, 2.45) is 0 Å². The van der Waals surface area contributed by atoms with Crippen LogP contribution < -0.4 is 10.7 Å². The second-order valence-corrected chi connectivity index (χ2v) is 7.69. The molecule has 1 aromatic heterocycles. The number of esters is 1. The van der Waals surface area contributed by atoms with Crippen molar-refractivity contribution >= 4 is 29.3 Å². The minimum absolute atomic E-state index is 0.00260. The summed E-state index contributed by atoms with van der Waals surface area (Å²) in [5, 5.41) is 6.42. The molecule has 172 valence electrons. The lowest BCUT2D eigenvalue weighted by atomic mass is 10.2. The molecule has 0 unspecified atom stereocenters. The molecule has 0 aliphatic carbocycles. The lowest BCUT2D eigenvalue weighted by Gasteiger charge is -2.13. The predicted octanol–water partition coefficient (Wildman–Crippen LogP) is 4.08. The normalized spacial score (nSPS) is 11.2. The van der Waals surface area contributed by atoms with Crippen LogP contribution in [0.4, 0.5) is 18.9 Å². The van der Waals surface area contributed by atoms with E-state index in [1.54, 1.807) is 24.3 Å². The van der Waals surface area contributed by atoms with Gasteiger partial charge in [-0.3, -0.25) is 9.59 Å². The molecule has 0 aliphatic rings. The highest BCUT2D eigenvalue weighted by molar-refractivity contribution is 7.98. The van der Waals surface area contributed by atoms with Crippen LogP contribution in [0.25, 0.3) is 5.69 Å². The standard InChI is InChI=1S/C22H18F3N3O4S/c1-13-10-18(29)20(27-28(13)16-5-3-4-14(11-16)22(23,24)25)21(31)32-12-19(30)26-15-6-8-17(33-2)9-7-15/h3-11H,12H2,1-2H3,(H,26,30). The molecule has 7 nitrogen and oxygen atoms in total. The van der Waals surface area contributed by atoms with Gasteiger partial charge in [0, 0.05) is 22.3 Å². The first kappa shape index (κ1) is 24.1. The van der Waals surface area contributed by atoms with E-state index in [4.69, 9.17) is 4.74 Å². The molecular weight excluding hydrogens is 459 g/mol. The zero-order valence-corrected chi connectivity index (χ0v) is 18.3. The molecule has 1 amide bonds. The Morgan fingerprint density at radius 1 is 1.12 bits per heavy atom. The van der Waals surface area contributed by atoms with Gasteiger partial charge in [0.1, 0.15) is 0 Å². The third-order valence-corrected chi connectivity index (χ3v) is 5.17. The summed E-state index contributed by atoms with van der Waals surface area (Å²) in [6, 6.07) is 12.3. The number of nitrogens with zero attached hydrogens (tertiary/aromatic N) is 2. The molecule has 0 fully saturated rings. The van der Waals surface area contributed by atoms with Crippen LogP contribution in [0.3, 0.4) is 0 Å². The van der Waals surface area contributed by atoms with Gasteiger partial charge in [0.05, 0.1) is 11.3 Å². The van der Waals surface area contributed by atoms with E-state index in [9.17, 15) is 27.6 Å². The maximum absolute atomic E-state index is 13.0. The highest BCUT2D eigenvalue weighted by Gasteiger charge is 2.30. The number of carbonyl (C=O) groups excluding carboxylic acids is 2. The molecule has 11 heteroatoms. The third kappa shape index (κ3) is 6.01. The van der Waals surface area contributed by atoms with Crippen LogP contribution in [0.2, 0.25) is 0 Å². The fourth-order valence-electron chi connectivity index (χ4n) is 2.84. The molecule has 1 N–H and O–H groups in total. The summed E-state index contributed by atoms with van der Waals surface area (Å²) in [6.07, 6.45) is -2.67. The van der Waals surface area contributed by atoms with Gasteiger partial charge in [0.15, 0.2) is 6.61 Å². The number of ether oxygens (including phenoxy) is 1. The Kier molecular flexibility index (Phi) is 7.22. The van der Waals surface area contributed by atoms with Crippen molar-refractivity contribution in [3.63, 3.8) is 0 Å². The Balaban J connectivity index is 1.75. The van der Waals surface area contributed by atoms with E-state index in [0.29, 0.717) is 5.69 Å². The number of amides is 1. The number of hydrogen-bond donors (Lipinski definition) is 1. The fourth-order valence-corrected chi connectivity index (χ4v) is 3.24. The van der Waals surface area contributed by atoms with Crippen molar-refractivity contribution in [1.29, 1.82) is 0 Å². The van der Waals surface area contributed by atoms with Crippen LogP contribution in [-0.4, -0.2) is 34.5 Å². The van der Waals surface area contributed by atoms with Crippen molar-refractivity contribution in [3.05, 3.63) is 81.8 Å². The lowest BCUT2D eigenvalue weighted by molar-refractivity contribution is -0.137. The number of rotatable bonds is 6. The maximum Gasteiger partial charge on any atom is 0.416 e. The molecule has 0 spiro atoms. The molecule has 3 rings (SSSR count). The molecule has 0 saturated carbocycles. The van der Waals surface area contributed by atoms with E-state index in [-0.39, 0.29) is 11.4 Å². The molecule has 0 bridgehead atoms. The molecule has 33 heavy (non-hydrogen) atoms. The van der Waals surface area contributed by atoms with E-state index in [1.807, 2.05) is 6.26 Å². The van der Waals surface area contributed by atoms with Crippen LogP contribution in [0, 0.1) is 6.92 Å². The molecule has 1 heterocycles. The summed E-state index contributed by atoms with van der Waals surface area (Å²) < 4.78 is 45.0. The van der Waals surface area contributed by atoms with Crippen LogP contribution in [0.5, 0.6) is 0 Å². The van der Waals surface area contributed by atoms with E-state index in [2.05, 4.69) is 10.4 Å². The Bertz CT molecular complexity index is 1240. The van der Waals surface area contributed by atoms with E-state index in [1.165, 1.54) is 30.8 Å². The summed E-state index contributed by atoms with van der Waals surface area (Å²) in [7, 11) is 0. The van der Waals surface area contributed by atoms with Gasteiger partial charge in [-0.15, -0.1) is 11.8 Å². The molecule has 0 saturated heterocycles. The van der Waals surface area contributed by atoms with E-state index in [0.717, 1.165) is 27.8 Å². The van der Waals surface area contributed by atoms with Gasteiger partial charge in [-0.05, 0) is 55.6 Å². The topological polar surface area (TPSA) is 90.3 Å². The largest absolute Gasteiger partial charge is 0.451 e. The molecule has 2 aromatic carbocycles. The lowest BCUT2D eigenvalue weighted by Crippen LogP contribution is -2.27. The van der Waals surface area contributed by atoms with E-state index < -0.39 is 41.3 Å². The first-order valence-corrected chi connectivity index (χ1v) is 10.7. The van der Waals surface area contributed by atoms with Crippen LogP contribution >= 0.6 is 11.8 Å². The van der Waals surface area contributed by atoms with Gasteiger partial charge >= 0.3 is 12.1 Å². The number of aromatic nitrogens is 2. The smallest absolute Gasteiger partial charge is 0.416 e. The monoisotopic (exact) mass is 477 g/mol. The Hall–Kier alpha value is -3.60. The summed E-state index contributed by atoms with van der Waals surface area (Å²) in [5.41, 5.74) is -1.64. The third-order valence-electron chi connectivity index (χ3n) is 4.43. The Labute approximate surface area is 190 Å². The SMILES string of the molecule is CSc1ccc(NC(=O)COC(=O)c2nn(-c3cccc(C(F)(F)F)c3)c(C)cc2=O)cc1. The van der Waals surface area contributed by atoms with Crippen LogP contribution in [-0.2, 0) is 15.7 Å². The molecule has 0 aliphatic heterocycles. The quantitative estimate of drug-likeness (QED) is 0.425. The molecule has 0 radical (unpaired) electrons. The van der Waals surface area contributed by atoms with Gasteiger partial charge in [-0.25, -0.2) is 9.48 Å². The number of hydrogen-bond acceptors (Lipinski definition) is 6. The zero-order chi connectivity index (χ0) is 24.2. The summed E-state index contributed by atoms with van der Waals surface area (Å²) in [5.74, 6) is -1.81. The van der Waals surface area contributed by atoms with E-state index >= 15 is 0 Å². The number of nitrogens with one attached hydrogen (secondary N) is 1. The fraction of sp³-hybridized carbons (Fsp3) is 0.182. The van der Waals surface area contributed by atoms with Crippen molar-refractivity contribution in [2.75, 3.05) is 18.2 Å². The highest BCUT2D eigenvalue weighted by atomic mass is 32.2. The average Bonchev–Trinajstić information content (AvgIpc) is 2.77. The predicted molar refractivity (Wildman–Crippen MR) is 117 cm³/mol. The minimum Gasteiger partial charge on any atom is -0.451 e. The summed E-state index contributed by atoms with van der Waals surface area (Å²) >= 11 is 1.54. The first-order chi connectivity index (χ1) is 15.6. The van der Waals surface area contributed by atoms with Gasteiger partial charge < -0.3 is 10.1 Å². The Morgan fingerprint density at radius 2 is 1.82 bits per heavy atom. The Morgan fingerprint density at radius 3 is 2.45 bits per heavy atom. The number of carbonyl (C=O) groups is 2. The maximum atomic E-state index is 13.0. The molecule has 0 atom stereocenters. The number of aryl methyl sites for hydroxylation is 1. The molecule has 3 aromatic rings. The van der Waals surface area contributed by atoms with Gasteiger partial charge in [0.25, 0.3) is 5.91 Å². The van der Waals surface area contributed by atoms with Crippen LogP contribution in [0.15, 0.2) is 64.3 Å². The van der Waals surface area contributed by atoms with Gasteiger partial charge in [-0.2, -0.15) is 18.3 Å². The highest BCUT2D eigenvalue weighted by Crippen LogP contribution is 2.30. The van der Waals surface area contributed by atoms with Crippen molar-refractivity contribution in [1.82, 2.24) is 9.78 Å². The minimum atomic E-state index is -4.58. The number of thioether (sulfide) groups is 1. The number of anilines is 1. The van der Waals surface area contributed by atoms with Gasteiger partial charge in [0.2, 0.25) is 11.1 Å².